The maximum absolute atomic E-state index is 12.6. The Balaban J connectivity index is 1.63. The first-order valence-electron chi connectivity index (χ1n) is 8.80. The Labute approximate surface area is 123 Å². The molecule has 0 aromatic rings. The number of carbonyl (C=O) groups excluding carboxylic acids is 1. The number of rotatable bonds is 5. The predicted octanol–water partition coefficient (Wildman–Crippen LogP) is 4.57. The zero-order chi connectivity index (χ0) is 14.3. The van der Waals surface area contributed by atoms with Gasteiger partial charge in [0.1, 0.15) is 6.10 Å². The third-order valence-corrected chi connectivity index (χ3v) is 6.70. The van der Waals surface area contributed by atoms with Crippen molar-refractivity contribution in [1.29, 1.82) is 0 Å². The minimum Gasteiger partial charge on any atom is -0.462 e. The second-order valence-corrected chi connectivity index (χ2v) is 7.76. The molecule has 0 aromatic carbocycles. The summed E-state index contributed by atoms with van der Waals surface area (Å²) in [7, 11) is 0. The average Bonchev–Trinajstić information content (AvgIpc) is 3.10. The van der Waals surface area contributed by atoms with Crippen LogP contribution in [-0.4, -0.2) is 12.1 Å². The zero-order valence-corrected chi connectivity index (χ0v) is 13.4. The summed E-state index contributed by atoms with van der Waals surface area (Å²) in [6.07, 6.45) is 9.88. The molecule has 0 spiro atoms. The SMILES string of the molecule is CCCC(C)(CC)C(=O)OC1CC2CC1C1CCCC21. The Morgan fingerprint density at radius 1 is 1.15 bits per heavy atom. The molecule has 2 heteroatoms. The van der Waals surface area contributed by atoms with E-state index in [1.54, 1.807) is 0 Å². The Morgan fingerprint density at radius 2 is 1.90 bits per heavy atom. The van der Waals surface area contributed by atoms with Crippen molar-refractivity contribution in [2.45, 2.75) is 78.2 Å². The Hall–Kier alpha value is -0.530. The van der Waals surface area contributed by atoms with Crippen LogP contribution in [0, 0.1) is 29.1 Å². The van der Waals surface area contributed by atoms with Gasteiger partial charge in [0.05, 0.1) is 5.41 Å². The summed E-state index contributed by atoms with van der Waals surface area (Å²) in [4.78, 5) is 12.6. The Bertz CT molecular complexity index is 378. The molecule has 6 unspecified atom stereocenters. The van der Waals surface area contributed by atoms with Crippen LogP contribution in [0.15, 0.2) is 0 Å². The van der Waals surface area contributed by atoms with Crippen LogP contribution in [0.25, 0.3) is 0 Å². The summed E-state index contributed by atoms with van der Waals surface area (Å²) in [6, 6.07) is 0. The molecular formula is C18H30O2. The molecule has 3 saturated carbocycles. The first-order valence-corrected chi connectivity index (χ1v) is 8.80. The second-order valence-electron chi connectivity index (χ2n) is 7.76. The van der Waals surface area contributed by atoms with E-state index in [0.29, 0.717) is 5.92 Å². The molecule has 6 atom stereocenters. The number of fused-ring (bicyclic) bond motifs is 5. The van der Waals surface area contributed by atoms with Crippen LogP contribution < -0.4 is 0 Å². The molecule has 0 amide bonds. The highest BCUT2D eigenvalue weighted by atomic mass is 16.5. The summed E-state index contributed by atoms with van der Waals surface area (Å²) in [6.45, 7) is 6.36. The lowest BCUT2D eigenvalue weighted by Gasteiger charge is -2.34. The highest BCUT2D eigenvalue weighted by Crippen LogP contribution is 2.59. The van der Waals surface area contributed by atoms with Crippen molar-refractivity contribution in [3.05, 3.63) is 0 Å². The normalized spacial score (nSPS) is 41.5. The van der Waals surface area contributed by atoms with Crippen LogP contribution in [0.3, 0.4) is 0 Å². The van der Waals surface area contributed by atoms with Gasteiger partial charge in [0.25, 0.3) is 0 Å². The van der Waals surface area contributed by atoms with Gasteiger partial charge >= 0.3 is 5.97 Å². The summed E-state index contributed by atoms with van der Waals surface area (Å²) < 4.78 is 6.02. The maximum atomic E-state index is 12.6. The average molecular weight is 278 g/mol. The molecule has 3 aliphatic rings. The van der Waals surface area contributed by atoms with Gasteiger partial charge in [0.15, 0.2) is 0 Å². The quantitative estimate of drug-likeness (QED) is 0.689. The minimum atomic E-state index is -0.258. The van der Waals surface area contributed by atoms with Crippen molar-refractivity contribution in [3.63, 3.8) is 0 Å². The number of esters is 1. The molecular weight excluding hydrogens is 248 g/mol. The lowest BCUT2D eigenvalue weighted by atomic mass is 9.79. The van der Waals surface area contributed by atoms with Gasteiger partial charge in [-0.25, -0.2) is 0 Å². The van der Waals surface area contributed by atoms with Gasteiger partial charge in [0, 0.05) is 0 Å². The van der Waals surface area contributed by atoms with Crippen LogP contribution in [-0.2, 0) is 9.53 Å². The topological polar surface area (TPSA) is 26.3 Å². The van der Waals surface area contributed by atoms with Gasteiger partial charge in [-0.15, -0.1) is 0 Å². The van der Waals surface area contributed by atoms with E-state index in [1.165, 1.54) is 25.7 Å². The van der Waals surface area contributed by atoms with Gasteiger partial charge in [0.2, 0.25) is 0 Å². The maximum Gasteiger partial charge on any atom is 0.312 e. The molecule has 0 aliphatic heterocycles. The van der Waals surface area contributed by atoms with E-state index in [1.807, 2.05) is 0 Å². The van der Waals surface area contributed by atoms with Crippen molar-refractivity contribution in [2.75, 3.05) is 0 Å². The fourth-order valence-electron chi connectivity index (χ4n) is 5.40. The van der Waals surface area contributed by atoms with E-state index < -0.39 is 0 Å². The second kappa shape index (κ2) is 5.35. The fourth-order valence-corrected chi connectivity index (χ4v) is 5.40. The first-order chi connectivity index (χ1) is 9.59. The summed E-state index contributed by atoms with van der Waals surface area (Å²) in [5.41, 5.74) is -0.258. The standard InChI is InChI=1S/C18H30O2/c1-4-9-18(3,5-2)17(19)20-16-11-12-10-15(16)14-8-6-7-13(12)14/h12-16H,4-11H2,1-3H3. The minimum absolute atomic E-state index is 0.0777. The summed E-state index contributed by atoms with van der Waals surface area (Å²) in [5.74, 6) is 3.49. The van der Waals surface area contributed by atoms with Gasteiger partial charge in [-0.2, -0.15) is 0 Å². The Morgan fingerprint density at radius 3 is 2.60 bits per heavy atom. The lowest BCUT2D eigenvalue weighted by Crippen LogP contribution is -2.37. The lowest BCUT2D eigenvalue weighted by molar-refractivity contribution is -0.165. The molecule has 114 valence electrons. The van der Waals surface area contributed by atoms with Crippen molar-refractivity contribution in [2.24, 2.45) is 29.1 Å². The molecule has 3 aliphatic carbocycles. The van der Waals surface area contributed by atoms with E-state index in [-0.39, 0.29) is 17.5 Å². The van der Waals surface area contributed by atoms with Crippen LogP contribution in [0.1, 0.15) is 72.1 Å². The van der Waals surface area contributed by atoms with Crippen molar-refractivity contribution < 1.29 is 9.53 Å². The van der Waals surface area contributed by atoms with Crippen molar-refractivity contribution in [3.8, 4) is 0 Å². The number of hydrogen-bond donors (Lipinski definition) is 0. The van der Waals surface area contributed by atoms with Gasteiger partial charge in [-0.1, -0.05) is 26.7 Å². The number of hydrogen-bond acceptors (Lipinski definition) is 2. The molecule has 0 aromatic heterocycles. The van der Waals surface area contributed by atoms with E-state index in [0.717, 1.165) is 43.4 Å². The predicted molar refractivity (Wildman–Crippen MR) is 80.2 cm³/mol. The molecule has 0 N–H and O–H groups in total. The van der Waals surface area contributed by atoms with Gasteiger partial charge < -0.3 is 4.74 Å². The highest BCUT2D eigenvalue weighted by molar-refractivity contribution is 5.76. The van der Waals surface area contributed by atoms with Crippen LogP contribution in [0.5, 0.6) is 0 Å². The molecule has 3 rings (SSSR count). The third-order valence-electron chi connectivity index (χ3n) is 6.70. The monoisotopic (exact) mass is 278 g/mol. The molecule has 0 radical (unpaired) electrons. The summed E-state index contributed by atoms with van der Waals surface area (Å²) >= 11 is 0. The van der Waals surface area contributed by atoms with E-state index in [4.69, 9.17) is 4.74 Å². The zero-order valence-electron chi connectivity index (χ0n) is 13.4. The first kappa shape index (κ1) is 14.4. The molecule has 0 heterocycles. The van der Waals surface area contributed by atoms with Crippen molar-refractivity contribution >= 4 is 5.97 Å². The number of carbonyl (C=O) groups is 1. The molecule has 2 nitrogen and oxygen atoms in total. The smallest absolute Gasteiger partial charge is 0.312 e. The van der Waals surface area contributed by atoms with Gasteiger partial charge in [-0.05, 0) is 69.1 Å². The van der Waals surface area contributed by atoms with E-state index in [9.17, 15) is 4.79 Å². The molecule has 2 bridgehead atoms. The number of ether oxygens (including phenoxy) is 1. The van der Waals surface area contributed by atoms with E-state index >= 15 is 0 Å². The largest absolute Gasteiger partial charge is 0.462 e. The molecule has 3 fully saturated rings. The summed E-state index contributed by atoms with van der Waals surface area (Å²) in [5, 5.41) is 0. The van der Waals surface area contributed by atoms with Crippen molar-refractivity contribution in [1.82, 2.24) is 0 Å². The third kappa shape index (κ3) is 2.19. The molecule has 20 heavy (non-hydrogen) atoms. The van der Waals surface area contributed by atoms with Gasteiger partial charge in [-0.3, -0.25) is 4.79 Å². The van der Waals surface area contributed by atoms with Crippen LogP contribution in [0.4, 0.5) is 0 Å². The van der Waals surface area contributed by atoms with Crippen LogP contribution >= 0.6 is 0 Å². The highest BCUT2D eigenvalue weighted by Gasteiger charge is 2.55. The molecule has 0 saturated heterocycles. The fraction of sp³-hybridized carbons (Fsp3) is 0.944. The van der Waals surface area contributed by atoms with E-state index in [2.05, 4.69) is 20.8 Å². The Kier molecular flexibility index (Phi) is 3.85. The van der Waals surface area contributed by atoms with Crippen LogP contribution in [0.2, 0.25) is 0 Å².